The van der Waals surface area contributed by atoms with E-state index in [1.807, 2.05) is 0 Å². The Kier molecular flexibility index (Phi) is 5.36. The fraction of sp³-hybridized carbons (Fsp3) is 0.571. The monoisotopic (exact) mass is 250 g/mol. The molecule has 0 spiro atoms. The minimum atomic E-state index is 0.566. The van der Waals surface area contributed by atoms with Crippen LogP contribution in [0.5, 0.6) is 0 Å². The first-order valence-electron chi connectivity index (χ1n) is 6.46. The molecule has 1 aliphatic rings. The van der Waals surface area contributed by atoms with Crippen molar-refractivity contribution in [3.63, 3.8) is 0 Å². The van der Waals surface area contributed by atoms with Gasteiger partial charge in [0.1, 0.15) is 0 Å². The van der Waals surface area contributed by atoms with E-state index in [1.54, 1.807) is 0 Å². The average molecular weight is 250 g/mol. The van der Waals surface area contributed by atoms with Crippen LogP contribution in [0.2, 0.25) is 0 Å². The summed E-state index contributed by atoms with van der Waals surface area (Å²) >= 11 is 2.06. The molecule has 1 aromatic carbocycles. The summed E-state index contributed by atoms with van der Waals surface area (Å²) in [5, 5.41) is 0. The van der Waals surface area contributed by atoms with Gasteiger partial charge in [0, 0.05) is 37.2 Å². The summed E-state index contributed by atoms with van der Waals surface area (Å²) < 4.78 is 0. The lowest BCUT2D eigenvalue weighted by Crippen LogP contribution is -2.45. The highest BCUT2D eigenvalue weighted by atomic mass is 32.2. The molecule has 1 unspecified atom stereocenters. The molecule has 0 bridgehead atoms. The molecule has 2 N–H and O–H groups in total. The van der Waals surface area contributed by atoms with Gasteiger partial charge in [0.25, 0.3) is 0 Å². The Hall–Kier alpha value is -0.510. The van der Waals surface area contributed by atoms with Crippen LogP contribution in [-0.2, 0) is 6.42 Å². The first-order chi connectivity index (χ1) is 8.40. The van der Waals surface area contributed by atoms with Gasteiger partial charge in [-0.1, -0.05) is 30.3 Å². The lowest BCUT2D eigenvalue weighted by molar-refractivity contribution is 0.210. The molecule has 17 heavy (non-hydrogen) atoms. The fourth-order valence-electron chi connectivity index (χ4n) is 2.37. The van der Waals surface area contributed by atoms with Gasteiger partial charge in [-0.2, -0.15) is 11.8 Å². The maximum Gasteiger partial charge on any atom is 0.0222 e. The molecule has 3 heteroatoms. The second kappa shape index (κ2) is 7.04. The van der Waals surface area contributed by atoms with Gasteiger partial charge in [0.15, 0.2) is 0 Å². The molecule has 0 amide bonds. The molecule has 2 nitrogen and oxygen atoms in total. The Morgan fingerprint density at radius 1 is 1.18 bits per heavy atom. The molecule has 1 fully saturated rings. The Labute approximate surface area is 109 Å². The highest BCUT2D eigenvalue weighted by Crippen LogP contribution is 2.15. The normalized spacial score (nSPS) is 19.1. The molecule has 0 radical (unpaired) electrons. The van der Waals surface area contributed by atoms with Crippen LogP contribution in [0.4, 0.5) is 0 Å². The van der Waals surface area contributed by atoms with E-state index in [-0.39, 0.29) is 0 Å². The van der Waals surface area contributed by atoms with Crippen molar-refractivity contribution < 1.29 is 0 Å². The van der Waals surface area contributed by atoms with Crippen molar-refractivity contribution in [2.45, 2.75) is 18.9 Å². The van der Waals surface area contributed by atoms with Crippen LogP contribution < -0.4 is 5.73 Å². The van der Waals surface area contributed by atoms with Crippen molar-refractivity contribution in [3.05, 3.63) is 35.9 Å². The van der Waals surface area contributed by atoms with Crippen molar-refractivity contribution in [3.8, 4) is 0 Å². The number of thioether (sulfide) groups is 1. The van der Waals surface area contributed by atoms with Crippen LogP contribution in [0.1, 0.15) is 12.0 Å². The average Bonchev–Trinajstić information content (AvgIpc) is 2.42. The van der Waals surface area contributed by atoms with E-state index < -0.39 is 0 Å². The van der Waals surface area contributed by atoms with E-state index in [9.17, 15) is 0 Å². The predicted octanol–water partition coefficient (Wildman–Crippen LogP) is 2.00. The highest BCUT2D eigenvalue weighted by molar-refractivity contribution is 7.99. The number of nitrogens with zero attached hydrogens (tertiary/aromatic N) is 1. The number of benzene rings is 1. The lowest BCUT2D eigenvalue weighted by Gasteiger charge is -2.33. The maximum absolute atomic E-state index is 5.92. The summed E-state index contributed by atoms with van der Waals surface area (Å²) in [5.74, 6) is 2.53. The molecule has 1 atom stereocenters. The van der Waals surface area contributed by atoms with Gasteiger partial charge in [-0.05, 0) is 18.4 Å². The Balaban J connectivity index is 1.82. The van der Waals surface area contributed by atoms with Crippen LogP contribution in [-0.4, -0.2) is 42.1 Å². The maximum atomic E-state index is 5.92. The third-order valence-electron chi connectivity index (χ3n) is 3.44. The molecule has 2 rings (SSSR count). The van der Waals surface area contributed by atoms with E-state index >= 15 is 0 Å². The Morgan fingerprint density at radius 3 is 2.53 bits per heavy atom. The van der Waals surface area contributed by atoms with Crippen molar-refractivity contribution >= 4 is 11.8 Å². The van der Waals surface area contributed by atoms with Crippen molar-refractivity contribution in [2.75, 3.05) is 31.1 Å². The van der Waals surface area contributed by atoms with E-state index in [2.05, 4.69) is 47.0 Å². The number of hydrogen-bond acceptors (Lipinski definition) is 3. The summed E-state index contributed by atoms with van der Waals surface area (Å²) in [6, 6.07) is 11.3. The first-order valence-corrected chi connectivity index (χ1v) is 7.61. The van der Waals surface area contributed by atoms with Gasteiger partial charge in [-0.15, -0.1) is 0 Å². The predicted molar refractivity (Wildman–Crippen MR) is 76.5 cm³/mol. The topological polar surface area (TPSA) is 29.3 Å². The van der Waals surface area contributed by atoms with Gasteiger partial charge in [0.2, 0.25) is 0 Å². The zero-order chi connectivity index (χ0) is 11.9. The van der Waals surface area contributed by atoms with Crippen LogP contribution >= 0.6 is 11.8 Å². The molecule has 1 saturated heterocycles. The summed E-state index contributed by atoms with van der Waals surface area (Å²) in [5.41, 5.74) is 7.35. The molecule has 94 valence electrons. The highest BCUT2D eigenvalue weighted by Gasteiger charge is 2.19. The third-order valence-corrected chi connectivity index (χ3v) is 4.39. The fourth-order valence-corrected chi connectivity index (χ4v) is 3.30. The van der Waals surface area contributed by atoms with Crippen LogP contribution in [0.15, 0.2) is 30.3 Å². The summed E-state index contributed by atoms with van der Waals surface area (Å²) in [7, 11) is 0. The summed E-state index contributed by atoms with van der Waals surface area (Å²) in [6.07, 6.45) is 2.33. The quantitative estimate of drug-likeness (QED) is 0.866. The van der Waals surface area contributed by atoms with Crippen molar-refractivity contribution in [1.82, 2.24) is 4.90 Å². The van der Waals surface area contributed by atoms with Crippen molar-refractivity contribution in [2.24, 2.45) is 5.73 Å². The molecular weight excluding hydrogens is 228 g/mol. The molecule has 0 saturated carbocycles. The van der Waals surface area contributed by atoms with E-state index in [1.165, 1.54) is 36.6 Å². The summed E-state index contributed by atoms with van der Waals surface area (Å²) in [4.78, 5) is 2.57. The number of nitrogens with two attached hydrogens (primary N) is 1. The SMILES string of the molecule is NCC(CCc1ccccc1)N1CCSCC1. The molecule has 1 aromatic rings. The third kappa shape index (κ3) is 4.02. The molecule has 0 aliphatic carbocycles. The van der Waals surface area contributed by atoms with E-state index in [0.717, 1.165) is 13.0 Å². The van der Waals surface area contributed by atoms with Gasteiger partial charge < -0.3 is 5.73 Å². The smallest absolute Gasteiger partial charge is 0.0222 e. The van der Waals surface area contributed by atoms with E-state index in [0.29, 0.717) is 6.04 Å². The number of rotatable bonds is 5. The van der Waals surface area contributed by atoms with Gasteiger partial charge in [0.05, 0.1) is 0 Å². The number of hydrogen-bond donors (Lipinski definition) is 1. The summed E-state index contributed by atoms with van der Waals surface area (Å²) in [6.45, 7) is 3.21. The zero-order valence-electron chi connectivity index (χ0n) is 10.3. The largest absolute Gasteiger partial charge is 0.329 e. The molecule has 1 aliphatic heterocycles. The number of aryl methyl sites for hydroxylation is 1. The van der Waals surface area contributed by atoms with Gasteiger partial charge in [-0.25, -0.2) is 0 Å². The second-order valence-corrected chi connectivity index (χ2v) is 5.79. The minimum absolute atomic E-state index is 0.566. The molecular formula is C14H22N2S. The standard InChI is InChI=1S/C14H22N2S/c15-12-14(16-8-10-17-11-9-16)7-6-13-4-2-1-3-5-13/h1-5,14H,6-12,15H2. The zero-order valence-corrected chi connectivity index (χ0v) is 11.2. The Morgan fingerprint density at radius 2 is 1.88 bits per heavy atom. The van der Waals surface area contributed by atoms with Crippen LogP contribution in [0.25, 0.3) is 0 Å². The van der Waals surface area contributed by atoms with Crippen LogP contribution in [0, 0.1) is 0 Å². The first kappa shape index (κ1) is 12.9. The van der Waals surface area contributed by atoms with Crippen molar-refractivity contribution in [1.29, 1.82) is 0 Å². The van der Waals surface area contributed by atoms with E-state index in [4.69, 9.17) is 5.73 Å². The van der Waals surface area contributed by atoms with Gasteiger partial charge >= 0.3 is 0 Å². The van der Waals surface area contributed by atoms with Crippen LogP contribution in [0.3, 0.4) is 0 Å². The molecule has 0 aromatic heterocycles. The molecule has 1 heterocycles. The Bertz CT molecular complexity index is 309. The minimum Gasteiger partial charge on any atom is -0.329 e. The lowest BCUT2D eigenvalue weighted by atomic mass is 10.0. The second-order valence-electron chi connectivity index (χ2n) is 4.56. The van der Waals surface area contributed by atoms with Gasteiger partial charge in [-0.3, -0.25) is 4.90 Å².